The highest BCUT2D eigenvalue weighted by Gasteiger charge is 2.10. The number of nitrogens with two attached hydrogens (primary N) is 1. The summed E-state index contributed by atoms with van der Waals surface area (Å²) in [4.78, 5) is 0. The van der Waals surface area contributed by atoms with Gasteiger partial charge < -0.3 is 10.5 Å². The van der Waals surface area contributed by atoms with Crippen LogP contribution in [0.25, 0.3) is 0 Å². The molecule has 0 unspecified atom stereocenters. The van der Waals surface area contributed by atoms with Crippen LogP contribution < -0.4 is 10.5 Å². The van der Waals surface area contributed by atoms with E-state index in [9.17, 15) is 8.42 Å². The zero-order valence-corrected chi connectivity index (χ0v) is 11.9. The second-order valence-electron chi connectivity index (χ2n) is 4.40. The summed E-state index contributed by atoms with van der Waals surface area (Å²) < 4.78 is 31.2. The number of benzene rings is 1. The van der Waals surface area contributed by atoms with Crippen LogP contribution in [0.15, 0.2) is 36.4 Å². The Kier molecular flexibility index (Phi) is 6.01. The van der Waals surface area contributed by atoms with E-state index < -0.39 is 10.0 Å². The smallest absolute Gasteiger partial charge is 0.215 e. The third kappa shape index (κ3) is 6.95. The van der Waals surface area contributed by atoms with Gasteiger partial charge in [-0.05, 0) is 24.6 Å². The van der Waals surface area contributed by atoms with Crippen molar-refractivity contribution in [2.45, 2.75) is 12.7 Å². The molecule has 0 aromatic heterocycles. The normalized spacial score (nSPS) is 11.4. The third-order valence-electron chi connectivity index (χ3n) is 2.25. The number of rotatable bonds is 8. The van der Waals surface area contributed by atoms with Crippen LogP contribution in [0, 0.1) is 0 Å². The molecule has 0 atom stereocenters. The van der Waals surface area contributed by atoms with E-state index in [1.165, 1.54) is 0 Å². The molecule has 1 rings (SSSR count). The molecule has 0 aliphatic heterocycles. The van der Waals surface area contributed by atoms with Crippen molar-refractivity contribution >= 4 is 15.7 Å². The molecule has 0 bridgehead atoms. The van der Waals surface area contributed by atoms with Crippen molar-refractivity contribution in [3.63, 3.8) is 0 Å². The molecule has 1 aromatic carbocycles. The largest absolute Gasteiger partial charge is 0.399 e. The molecule has 6 heteroatoms. The first-order valence-electron chi connectivity index (χ1n) is 5.93. The number of nitrogen functional groups attached to an aromatic ring is 1. The third-order valence-corrected chi connectivity index (χ3v) is 3.61. The summed E-state index contributed by atoms with van der Waals surface area (Å²) in [5, 5.41) is 0. The fraction of sp³-hybridized carbons (Fsp3) is 0.385. The van der Waals surface area contributed by atoms with E-state index in [0.29, 0.717) is 24.5 Å². The van der Waals surface area contributed by atoms with Crippen LogP contribution >= 0.6 is 0 Å². The van der Waals surface area contributed by atoms with E-state index in [-0.39, 0.29) is 12.3 Å². The second-order valence-corrected chi connectivity index (χ2v) is 6.21. The Labute approximate surface area is 114 Å². The van der Waals surface area contributed by atoms with Crippen LogP contribution in [0.2, 0.25) is 0 Å². The zero-order valence-electron chi connectivity index (χ0n) is 11.1. The summed E-state index contributed by atoms with van der Waals surface area (Å²) in [5.74, 6) is -0.0617. The molecule has 0 heterocycles. The van der Waals surface area contributed by atoms with Gasteiger partial charge in [0, 0.05) is 12.2 Å². The van der Waals surface area contributed by atoms with Crippen molar-refractivity contribution in [2.75, 3.05) is 25.5 Å². The van der Waals surface area contributed by atoms with Crippen molar-refractivity contribution in [3.05, 3.63) is 42.0 Å². The monoisotopic (exact) mass is 284 g/mol. The fourth-order valence-electron chi connectivity index (χ4n) is 1.40. The minimum absolute atomic E-state index is 0.0617. The van der Waals surface area contributed by atoms with E-state index in [1.807, 2.05) is 6.92 Å². The molecule has 0 radical (unpaired) electrons. The molecular weight excluding hydrogens is 264 g/mol. The highest BCUT2D eigenvalue weighted by molar-refractivity contribution is 7.88. The van der Waals surface area contributed by atoms with E-state index >= 15 is 0 Å². The van der Waals surface area contributed by atoms with Gasteiger partial charge in [-0.3, -0.25) is 0 Å². The summed E-state index contributed by atoms with van der Waals surface area (Å²) in [6.07, 6.45) is 0. The minimum atomic E-state index is -3.34. The number of ether oxygens (including phenoxy) is 1. The number of hydrogen-bond donors (Lipinski definition) is 2. The summed E-state index contributed by atoms with van der Waals surface area (Å²) in [7, 11) is -3.34. The molecule has 5 nitrogen and oxygen atoms in total. The summed E-state index contributed by atoms with van der Waals surface area (Å²) in [6.45, 7) is 6.57. The fourth-order valence-corrected chi connectivity index (χ4v) is 2.53. The number of anilines is 1. The van der Waals surface area contributed by atoms with Crippen LogP contribution in [0.4, 0.5) is 5.69 Å². The Morgan fingerprint density at radius 2 is 2.00 bits per heavy atom. The maximum absolute atomic E-state index is 11.8. The lowest BCUT2D eigenvalue weighted by atomic mass is 10.2. The van der Waals surface area contributed by atoms with Gasteiger partial charge >= 0.3 is 0 Å². The highest BCUT2D eigenvalue weighted by atomic mass is 32.2. The van der Waals surface area contributed by atoms with Gasteiger partial charge in [0.1, 0.15) is 0 Å². The second kappa shape index (κ2) is 7.28. The summed E-state index contributed by atoms with van der Waals surface area (Å²) in [5.41, 5.74) is 7.76. The van der Waals surface area contributed by atoms with Crippen molar-refractivity contribution in [3.8, 4) is 0 Å². The van der Waals surface area contributed by atoms with Gasteiger partial charge in [0.15, 0.2) is 0 Å². The first-order valence-corrected chi connectivity index (χ1v) is 7.58. The molecule has 0 fully saturated rings. The topological polar surface area (TPSA) is 81.4 Å². The SMILES string of the molecule is C=C(C)COCCNS(=O)(=O)Cc1ccc(N)cc1. The Hall–Kier alpha value is -1.37. The standard InChI is InChI=1S/C13H20N2O3S/c1-11(2)9-18-8-7-15-19(16,17)10-12-3-5-13(14)6-4-12/h3-6,15H,1,7-10,14H2,2H3. The van der Waals surface area contributed by atoms with Gasteiger partial charge in [-0.1, -0.05) is 24.3 Å². The average Bonchev–Trinajstić information content (AvgIpc) is 2.31. The molecular formula is C13H20N2O3S. The lowest BCUT2D eigenvalue weighted by Crippen LogP contribution is -2.28. The van der Waals surface area contributed by atoms with Crippen LogP contribution in [-0.2, 0) is 20.5 Å². The maximum atomic E-state index is 11.8. The van der Waals surface area contributed by atoms with Crippen molar-refractivity contribution < 1.29 is 13.2 Å². The Morgan fingerprint density at radius 3 is 2.58 bits per heavy atom. The summed E-state index contributed by atoms with van der Waals surface area (Å²) >= 11 is 0. The molecule has 0 aliphatic rings. The zero-order chi connectivity index (χ0) is 14.3. The molecule has 0 aliphatic carbocycles. The average molecular weight is 284 g/mol. The molecule has 0 saturated heterocycles. The first kappa shape index (κ1) is 15.7. The Balaban J connectivity index is 2.35. The first-order chi connectivity index (χ1) is 8.89. The van der Waals surface area contributed by atoms with Crippen molar-refractivity contribution in [1.82, 2.24) is 4.72 Å². The molecule has 3 N–H and O–H groups in total. The quantitative estimate of drug-likeness (QED) is 0.428. The molecule has 0 saturated carbocycles. The number of hydrogen-bond acceptors (Lipinski definition) is 4. The number of nitrogens with one attached hydrogen (secondary N) is 1. The lowest BCUT2D eigenvalue weighted by molar-refractivity contribution is 0.162. The molecule has 19 heavy (non-hydrogen) atoms. The van der Waals surface area contributed by atoms with E-state index in [2.05, 4.69) is 11.3 Å². The summed E-state index contributed by atoms with van der Waals surface area (Å²) in [6, 6.07) is 6.76. The van der Waals surface area contributed by atoms with Crippen LogP contribution in [-0.4, -0.2) is 28.2 Å². The Bertz CT molecular complexity index is 509. The van der Waals surface area contributed by atoms with Crippen molar-refractivity contribution in [1.29, 1.82) is 0 Å². The minimum Gasteiger partial charge on any atom is -0.399 e. The Morgan fingerprint density at radius 1 is 1.37 bits per heavy atom. The van der Waals surface area contributed by atoms with Gasteiger partial charge in [-0.15, -0.1) is 0 Å². The van der Waals surface area contributed by atoms with Gasteiger partial charge in [0.05, 0.1) is 19.0 Å². The van der Waals surface area contributed by atoms with E-state index in [0.717, 1.165) is 5.57 Å². The van der Waals surface area contributed by atoms with Crippen molar-refractivity contribution in [2.24, 2.45) is 0 Å². The maximum Gasteiger partial charge on any atom is 0.215 e. The van der Waals surface area contributed by atoms with Crippen LogP contribution in [0.1, 0.15) is 12.5 Å². The molecule has 0 spiro atoms. The van der Waals surface area contributed by atoms with Gasteiger partial charge in [-0.2, -0.15) is 0 Å². The number of sulfonamides is 1. The predicted molar refractivity (Wildman–Crippen MR) is 77.1 cm³/mol. The molecule has 1 aromatic rings. The molecule has 0 amide bonds. The highest BCUT2D eigenvalue weighted by Crippen LogP contribution is 2.08. The van der Waals surface area contributed by atoms with Gasteiger partial charge in [0.25, 0.3) is 0 Å². The van der Waals surface area contributed by atoms with Gasteiger partial charge in [0.2, 0.25) is 10.0 Å². The van der Waals surface area contributed by atoms with Crippen LogP contribution in [0.3, 0.4) is 0 Å². The van der Waals surface area contributed by atoms with Crippen LogP contribution in [0.5, 0.6) is 0 Å². The van der Waals surface area contributed by atoms with E-state index in [4.69, 9.17) is 10.5 Å². The van der Waals surface area contributed by atoms with Gasteiger partial charge in [-0.25, -0.2) is 13.1 Å². The molecule has 106 valence electrons. The predicted octanol–water partition coefficient (Wildman–Crippen LogP) is 1.28. The lowest BCUT2D eigenvalue weighted by Gasteiger charge is -2.07. The van der Waals surface area contributed by atoms with E-state index in [1.54, 1.807) is 24.3 Å².